The van der Waals surface area contributed by atoms with Gasteiger partial charge in [-0.05, 0) is 105 Å². The van der Waals surface area contributed by atoms with Crippen LogP contribution in [0.1, 0.15) is 70.4 Å². The number of aromatic hydroxyl groups is 1. The first-order valence-electron chi connectivity index (χ1n) is 16.3. The van der Waals surface area contributed by atoms with Gasteiger partial charge >= 0.3 is 5.76 Å². The molecule has 2 N–H and O–H groups in total. The summed E-state index contributed by atoms with van der Waals surface area (Å²) < 4.78 is 25.5. The Morgan fingerprint density at radius 2 is 1.86 bits per heavy atom. The predicted octanol–water partition coefficient (Wildman–Crippen LogP) is 5.77. The van der Waals surface area contributed by atoms with Gasteiger partial charge in [-0.3, -0.25) is 9.36 Å². The van der Waals surface area contributed by atoms with Crippen LogP contribution >= 0.6 is 0 Å². The Balaban J connectivity index is 0.970. The van der Waals surface area contributed by atoms with Gasteiger partial charge in [0.25, 0.3) is 5.91 Å². The van der Waals surface area contributed by atoms with Crippen LogP contribution in [-0.2, 0) is 20.8 Å². The van der Waals surface area contributed by atoms with E-state index in [1.807, 2.05) is 19.1 Å². The maximum atomic E-state index is 12.5. The van der Waals surface area contributed by atoms with E-state index < -0.39 is 5.76 Å². The van der Waals surface area contributed by atoms with Crippen LogP contribution in [-0.4, -0.2) is 47.2 Å². The zero-order valence-corrected chi connectivity index (χ0v) is 26.3. The average molecular weight is 607 g/mol. The summed E-state index contributed by atoms with van der Waals surface area (Å²) in [6, 6.07) is 10.5. The first kappa shape index (κ1) is 30.7. The largest absolute Gasteiger partial charge is 0.504 e. The van der Waals surface area contributed by atoms with Gasteiger partial charge in [0.05, 0.1) is 24.3 Å². The van der Waals surface area contributed by atoms with Crippen LogP contribution in [0, 0.1) is 36.5 Å². The number of carbonyl (C=O) groups excluding carboxylic acids is 1. The molecule has 3 heterocycles. The highest BCUT2D eigenvalue weighted by atomic mass is 16.7. The van der Waals surface area contributed by atoms with Crippen molar-refractivity contribution in [2.24, 2.45) is 29.6 Å². The van der Waals surface area contributed by atoms with E-state index >= 15 is 0 Å². The molecule has 1 saturated carbocycles. The number of hydrogen-bond acceptors (Lipinski definition) is 7. The number of ether oxygens (including phenoxy) is 3. The van der Waals surface area contributed by atoms with Gasteiger partial charge in [-0.1, -0.05) is 32.4 Å². The molecule has 9 heteroatoms. The van der Waals surface area contributed by atoms with E-state index in [0.29, 0.717) is 46.9 Å². The molecular formula is C35H46N2O7. The Kier molecular flexibility index (Phi) is 9.06. The first-order valence-corrected chi connectivity index (χ1v) is 16.3. The lowest BCUT2D eigenvalue weighted by atomic mass is 9.60. The van der Waals surface area contributed by atoms with Crippen molar-refractivity contribution in [2.75, 3.05) is 13.2 Å². The molecule has 3 aliphatic rings. The fraction of sp³-hybridized carbons (Fsp3) is 0.600. The molecule has 2 aromatic carbocycles. The quantitative estimate of drug-likeness (QED) is 0.298. The minimum absolute atomic E-state index is 0.0940. The molecule has 3 unspecified atom stereocenters. The summed E-state index contributed by atoms with van der Waals surface area (Å²) in [7, 11) is 0. The standard InChI is InChI=1S/C35H46N2O7/c1-20-7-13-30-27(16-20)37(35(40)44-30)18-24-10-14-31(28(38)17-24)41-19-32(39)36-15-5-6-29-23(4)26-11-8-21(2)25-12-9-22(3)42-34(43-29)33(25)26/h7,10,13-14,16-17,21-23,25-26,29,33-34,38H,5-6,8-9,11-12,15,18-19H2,1-4H3,(H,36,39)/t21-,22+,23-,25?,26?,29+,33?,34+/m1/s1. The highest BCUT2D eigenvalue weighted by Crippen LogP contribution is 2.52. The number of carbonyl (C=O) groups is 1. The lowest BCUT2D eigenvalue weighted by Crippen LogP contribution is -2.53. The molecule has 6 rings (SSSR count). The van der Waals surface area contributed by atoms with E-state index in [-0.39, 0.29) is 49.1 Å². The molecule has 0 radical (unpaired) electrons. The molecule has 1 amide bonds. The second-order valence-corrected chi connectivity index (χ2v) is 13.4. The van der Waals surface area contributed by atoms with Crippen LogP contribution in [0.25, 0.3) is 11.1 Å². The number of amides is 1. The monoisotopic (exact) mass is 606 g/mol. The summed E-state index contributed by atoms with van der Waals surface area (Å²) in [5.74, 6) is 2.44. The predicted molar refractivity (Wildman–Crippen MR) is 167 cm³/mol. The van der Waals surface area contributed by atoms with E-state index in [4.69, 9.17) is 18.6 Å². The van der Waals surface area contributed by atoms with Crippen molar-refractivity contribution >= 4 is 17.0 Å². The van der Waals surface area contributed by atoms with Crippen LogP contribution in [0.5, 0.6) is 11.5 Å². The van der Waals surface area contributed by atoms with Crippen molar-refractivity contribution < 1.29 is 28.5 Å². The molecule has 2 aliphatic heterocycles. The maximum absolute atomic E-state index is 12.5. The molecule has 44 heavy (non-hydrogen) atoms. The number of nitrogens with one attached hydrogen (secondary N) is 1. The highest BCUT2D eigenvalue weighted by molar-refractivity contribution is 5.77. The second kappa shape index (κ2) is 13.0. The topological polar surface area (TPSA) is 112 Å². The van der Waals surface area contributed by atoms with Gasteiger partial charge in [-0.15, -0.1) is 0 Å². The third-order valence-electron chi connectivity index (χ3n) is 10.4. The number of phenols is 1. The Labute approximate surface area is 258 Å². The van der Waals surface area contributed by atoms with Crippen LogP contribution in [0.2, 0.25) is 0 Å². The zero-order chi connectivity index (χ0) is 31.0. The molecule has 1 aromatic heterocycles. The van der Waals surface area contributed by atoms with E-state index in [1.54, 1.807) is 18.2 Å². The number of aromatic nitrogens is 1. The third-order valence-corrected chi connectivity index (χ3v) is 10.4. The fourth-order valence-corrected chi connectivity index (χ4v) is 7.91. The lowest BCUT2D eigenvalue weighted by molar-refractivity contribution is -0.278. The number of phenolic OH excluding ortho intramolecular Hbond substituents is 1. The van der Waals surface area contributed by atoms with E-state index in [9.17, 15) is 14.7 Å². The van der Waals surface area contributed by atoms with Gasteiger partial charge in [-0.25, -0.2) is 4.79 Å². The van der Waals surface area contributed by atoms with E-state index in [0.717, 1.165) is 30.7 Å². The summed E-state index contributed by atoms with van der Waals surface area (Å²) in [6.07, 6.45) is 6.81. The van der Waals surface area contributed by atoms with Gasteiger partial charge in [0, 0.05) is 12.5 Å². The van der Waals surface area contributed by atoms with Crippen LogP contribution < -0.4 is 15.8 Å². The smallest absolute Gasteiger partial charge is 0.420 e. The van der Waals surface area contributed by atoms with Crippen molar-refractivity contribution in [3.63, 3.8) is 0 Å². The van der Waals surface area contributed by atoms with Crippen molar-refractivity contribution in [1.82, 2.24) is 9.88 Å². The second-order valence-electron chi connectivity index (χ2n) is 13.4. The zero-order valence-electron chi connectivity index (χ0n) is 26.3. The fourth-order valence-electron chi connectivity index (χ4n) is 7.91. The van der Waals surface area contributed by atoms with Gasteiger partial charge in [0.2, 0.25) is 0 Å². The van der Waals surface area contributed by atoms with Crippen molar-refractivity contribution in [1.29, 1.82) is 0 Å². The maximum Gasteiger partial charge on any atom is 0.420 e. The molecule has 238 valence electrons. The number of oxazole rings is 1. The van der Waals surface area contributed by atoms with Crippen molar-refractivity contribution in [3.05, 3.63) is 58.1 Å². The molecule has 3 aromatic rings. The molecule has 2 saturated heterocycles. The van der Waals surface area contributed by atoms with Crippen molar-refractivity contribution in [3.8, 4) is 11.5 Å². The van der Waals surface area contributed by atoms with Gasteiger partial charge in [-0.2, -0.15) is 0 Å². The molecule has 0 bridgehead atoms. The molecule has 3 fully saturated rings. The summed E-state index contributed by atoms with van der Waals surface area (Å²) >= 11 is 0. The summed E-state index contributed by atoms with van der Waals surface area (Å²) in [5, 5.41) is 13.5. The minimum atomic E-state index is -0.458. The Morgan fingerprint density at radius 3 is 2.68 bits per heavy atom. The first-order chi connectivity index (χ1) is 21.2. The van der Waals surface area contributed by atoms with Gasteiger partial charge < -0.3 is 29.1 Å². The van der Waals surface area contributed by atoms with E-state index in [1.165, 1.54) is 29.9 Å². The molecule has 9 nitrogen and oxygen atoms in total. The average Bonchev–Trinajstić information content (AvgIpc) is 3.18. The minimum Gasteiger partial charge on any atom is -0.504 e. The molecular weight excluding hydrogens is 560 g/mol. The highest BCUT2D eigenvalue weighted by Gasteiger charge is 2.51. The third kappa shape index (κ3) is 6.40. The number of rotatable bonds is 9. The molecule has 1 aliphatic carbocycles. The normalized spacial score (nSPS) is 30.0. The Hall–Kier alpha value is -3.30. The Bertz CT molecular complexity index is 1530. The van der Waals surface area contributed by atoms with Gasteiger partial charge in [0.15, 0.2) is 30.0 Å². The van der Waals surface area contributed by atoms with Crippen molar-refractivity contribution in [2.45, 2.75) is 91.3 Å². The number of aryl methyl sites for hydroxylation is 1. The number of benzene rings is 2. The Morgan fingerprint density at radius 1 is 1.05 bits per heavy atom. The van der Waals surface area contributed by atoms with Crippen LogP contribution in [0.15, 0.2) is 45.6 Å². The summed E-state index contributed by atoms with van der Waals surface area (Å²) in [6.45, 7) is 9.43. The summed E-state index contributed by atoms with van der Waals surface area (Å²) in [5.41, 5.74) is 2.94. The number of nitrogens with zero attached hydrogens (tertiary/aromatic N) is 1. The van der Waals surface area contributed by atoms with E-state index in [2.05, 4.69) is 26.1 Å². The SMILES string of the molecule is Cc1ccc2oc(=O)n(Cc3ccc(OCC(=O)NCCC[C@@H]4O[C@@H]5O[C@@H](C)CCC6C5C(CC[C@H]6C)[C@H]4C)c(O)c3)c2c1. The molecule has 0 spiro atoms. The van der Waals surface area contributed by atoms with Crippen LogP contribution in [0.4, 0.5) is 0 Å². The summed E-state index contributed by atoms with van der Waals surface area (Å²) in [4.78, 5) is 24.9. The number of fused-ring (bicyclic) bond motifs is 1. The lowest BCUT2D eigenvalue weighted by Gasteiger charge is -2.52. The molecule has 8 atom stereocenters. The van der Waals surface area contributed by atoms with Gasteiger partial charge in [0.1, 0.15) is 0 Å². The van der Waals surface area contributed by atoms with Crippen LogP contribution in [0.3, 0.4) is 0 Å². The number of hydrogen-bond donors (Lipinski definition) is 2.